The zero-order valence-corrected chi connectivity index (χ0v) is 16.3. The van der Waals surface area contributed by atoms with Gasteiger partial charge in [-0.15, -0.1) is 0 Å². The fourth-order valence-corrected chi connectivity index (χ4v) is 2.09. The predicted molar refractivity (Wildman–Crippen MR) is 104 cm³/mol. The van der Waals surface area contributed by atoms with Crippen LogP contribution in [0.4, 0.5) is 0 Å². The van der Waals surface area contributed by atoms with Gasteiger partial charge in [-0.2, -0.15) is 0 Å². The van der Waals surface area contributed by atoms with E-state index in [0.717, 1.165) is 6.42 Å². The van der Waals surface area contributed by atoms with Crippen molar-refractivity contribution in [3.63, 3.8) is 0 Å². The maximum absolute atomic E-state index is 11.7. The molecule has 1 atom stereocenters. The molecule has 1 aromatic carbocycles. The molecule has 0 heterocycles. The number of rotatable bonds is 11. The van der Waals surface area contributed by atoms with Crippen molar-refractivity contribution in [3.05, 3.63) is 35.9 Å². The summed E-state index contributed by atoms with van der Waals surface area (Å²) in [5.74, 6) is 0.561. The van der Waals surface area contributed by atoms with Gasteiger partial charge >= 0.3 is 0 Å². The molecule has 146 valence electrons. The standard InChI is InChI=1S/C19H32N4O3/c1-16(17-9-6-5-7-10-17)26-13-8-11-20-19(21-12-14-25-4)22-15-18(24)23(2)3/h5-7,9-10,16H,8,11-15H2,1-4H3,(H2,20,21,22). The number of ether oxygens (including phenoxy) is 2. The van der Waals surface area contributed by atoms with Crippen molar-refractivity contribution >= 4 is 11.9 Å². The number of aliphatic imine (C=N–C) groups is 1. The molecule has 0 bridgehead atoms. The van der Waals surface area contributed by atoms with Crippen molar-refractivity contribution in [2.45, 2.75) is 19.4 Å². The number of methoxy groups -OCH3 is 1. The molecule has 1 unspecified atom stereocenters. The highest BCUT2D eigenvalue weighted by atomic mass is 16.5. The SMILES string of the molecule is COCCNC(=NCC(=O)N(C)C)NCCCOC(C)c1ccccc1. The lowest BCUT2D eigenvalue weighted by Crippen LogP contribution is -2.40. The summed E-state index contributed by atoms with van der Waals surface area (Å²) in [5, 5.41) is 6.36. The molecule has 1 aromatic rings. The summed E-state index contributed by atoms with van der Waals surface area (Å²) in [4.78, 5) is 17.5. The number of likely N-dealkylation sites (N-methyl/N-ethyl adjacent to an activating group) is 1. The smallest absolute Gasteiger partial charge is 0.243 e. The molecular weight excluding hydrogens is 332 g/mol. The van der Waals surface area contributed by atoms with E-state index in [1.807, 2.05) is 18.2 Å². The van der Waals surface area contributed by atoms with Gasteiger partial charge in [-0.05, 0) is 18.9 Å². The normalized spacial score (nSPS) is 12.5. The average Bonchev–Trinajstić information content (AvgIpc) is 2.65. The van der Waals surface area contributed by atoms with E-state index in [-0.39, 0.29) is 18.6 Å². The lowest BCUT2D eigenvalue weighted by atomic mass is 10.1. The van der Waals surface area contributed by atoms with E-state index in [1.54, 1.807) is 21.2 Å². The number of carbonyl (C=O) groups is 1. The molecule has 1 rings (SSSR count). The fourth-order valence-electron chi connectivity index (χ4n) is 2.09. The number of hydrogen-bond donors (Lipinski definition) is 2. The number of amides is 1. The van der Waals surface area contributed by atoms with Crippen LogP contribution >= 0.6 is 0 Å². The summed E-state index contributed by atoms with van der Waals surface area (Å²) < 4.78 is 10.9. The van der Waals surface area contributed by atoms with Gasteiger partial charge < -0.3 is 25.0 Å². The first-order chi connectivity index (χ1) is 12.5. The van der Waals surface area contributed by atoms with Crippen LogP contribution in [0.2, 0.25) is 0 Å². The highest BCUT2D eigenvalue weighted by Gasteiger charge is 2.06. The van der Waals surface area contributed by atoms with Gasteiger partial charge in [0, 0.05) is 40.9 Å². The summed E-state index contributed by atoms with van der Waals surface area (Å²) in [6, 6.07) is 10.2. The van der Waals surface area contributed by atoms with Crippen LogP contribution in [0.5, 0.6) is 0 Å². The molecule has 7 nitrogen and oxygen atoms in total. The zero-order valence-electron chi connectivity index (χ0n) is 16.3. The first kappa shape index (κ1) is 21.9. The molecule has 0 saturated heterocycles. The molecule has 0 spiro atoms. The van der Waals surface area contributed by atoms with Crippen LogP contribution in [0, 0.1) is 0 Å². The van der Waals surface area contributed by atoms with Gasteiger partial charge in [0.1, 0.15) is 6.54 Å². The van der Waals surface area contributed by atoms with E-state index in [1.165, 1.54) is 10.5 Å². The minimum atomic E-state index is -0.0436. The van der Waals surface area contributed by atoms with Crippen LogP contribution in [-0.2, 0) is 14.3 Å². The van der Waals surface area contributed by atoms with Crippen LogP contribution in [0.1, 0.15) is 25.0 Å². The topological polar surface area (TPSA) is 75.2 Å². The molecule has 26 heavy (non-hydrogen) atoms. The van der Waals surface area contributed by atoms with E-state index in [2.05, 4.69) is 34.7 Å². The lowest BCUT2D eigenvalue weighted by molar-refractivity contribution is -0.127. The van der Waals surface area contributed by atoms with Gasteiger partial charge in [-0.3, -0.25) is 4.79 Å². The summed E-state index contributed by atoms with van der Waals surface area (Å²) in [5.41, 5.74) is 1.17. The minimum absolute atomic E-state index is 0.0436. The Morgan fingerprint density at radius 3 is 2.50 bits per heavy atom. The maximum Gasteiger partial charge on any atom is 0.243 e. The van der Waals surface area contributed by atoms with Crippen molar-refractivity contribution in [2.24, 2.45) is 4.99 Å². The van der Waals surface area contributed by atoms with Gasteiger partial charge in [0.25, 0.3) is 0 Å². The first-order valence-electron chi connectivity index (χ1n) is 8.92. The Kier molecular flexibility index (Phi) is 11.1. The summed E-state index contributed by atoms with van der Waals surface area (Å²) in [7, 11) is 5.08. The molecular formula is C19H32N4O3. The molecule has 7 heteroatoms. The summed E-state index contributed by atoms with van der Waals surface area (Å²) in [6.07, 6.45) is 0.908. The summed E-state index contributed by atoms with van der Waals surface area (Å²) >= 11 is 0. The second kappa shape index (κ2) is 13.1. The molecule has 0 aliphatic rings. The van der Waals surface area contributed by atoms with E-state index in [0.29, 0.717) is 32.3 Å². The molecule has 0 aliphatic carbocycles. The minimum Gasteiger partial charge on any atom is -0.383 e. The van der Waals surface area contributed by atoms with Gasteiger partial charge in [0.15, 0.2) is 5.96 Å². The lowest BCUT2D eigenvalue weighted by Gasteiger charge is -2.15. The number of benzene rings is 1. The monoisotopic (exact) mass is 364 g/mol. The van der Waals surface area contributed by atoms with Gasteiger partial charge in [0.05, 0.1) is 12.7 Å². The maximum atomic E-state index is 11.7. The van der Waals surface area contributed by atoms with Crippen molar-refractivity contribution < 1.29 is 14.3 Å². The molecule has 2 N–H and O–H groups in total. The predicted octanol–water partition coefficient (Wildman–Crippen LogP) is 1.42. The largest absolute Gasteiger partial charge is 0.383 e. The Labute approximate surface area is 156 Å². The third kappa shape index (κ3) is 9.39. The number of guanidine groups is 1. The molecule has 0 saturated carbocycles. The molecule has 1 amide bonds. The zero-order chi connectivity index (χ0) is 19.2. The fraction of sp³-hybridized carbons (Fsp3) is 0.579. The number of carbonyl (C=O) groups excluding carboxylic acids is 1. The van der Waals surface area contributed by atoms with E-state index < -0.39 is 0 Å². The Balaban J connectivity index is 2.33. The Morgan fingerprint density at radius 2 is 1.85 bits per heavy atom. The van der Waals surface area contributed by atoms with Crippen molar-refractivity contribution in [1.82, 2.24) is 15.5 Å². The van der Waals surface area contributed by atoms with Gasteiger partial charge in [-0.25, -0.2) is 4.99 Å². The highest BCUT2D eigenvalue weighted by molar-refractivity contribution is 5.84. The highest BCUT2D eigenvalue weighted by Crippen LogP contribution is 2.15. The van der Waals surface area contributed by atoms with E-state index >= 15 is 0 Å². The van der Waals surface area contributed by atoms with Crippen LogP contribution in [-0.4, -0.2) is 70.8 Å². The molecule has 0 aliphatic heterocycles. The molecule has 0 radical (unpaired) electrons. The number of nitrogens with one attached hydrogen (secondary N) is 2. The Morgan fingerprint density at radius 1 is 1.15 bits per heavy atom. The number of nitrogens with zero attached hydrogens (tertiary/aromatic N) is 2. The Hall–Kier alpha value is -2.12. The van der Waals surface area contributed by atoms with Gasteiger partial charge in [-0.1, -0.05) is 30.3 Å². The molecule has 0 aromatic heterocycles. The second-order valence-corrected chi connectivity index (χ2v) is 6.08. The van der Waals surface area contributed by atoms with Crippen molar-refractivity contribution in [2.75, 3.05) is 54.1 Å². The summed E-state index contributed by atoms with van der Waals surface area (Å²) in [6.45, 7) is 4.70. The van der Waals surface area contributed by atoms with Crippen LogP contribution in [0.3, 0.4) is 0 Å². The average molecular weight is 364 g/mol. The van der Waals surface area contributed by atoms with Crippen LogP contribution in [0.15, 0.2) is 35.3 Å². The van der Waals surface area contributed by atoms with Crippen LogP contribution in [0.25, 0.3) is 0 Å². The van der Waals surface area contributed by atoms with Crippen molar-refractivity contribution in [3.8, 4) is 0 Å². The van der Waals surface area contributed by atoms with Crippen LogP contribution < -0.4 is 10.6 Å². The van der Waals surface area contributed by atoms with E-state index in [9.17, 15) is 4.79 Å². The van der Waals surface area contributed by atoms with E-state index in [4.69, 9.17) is 9.47 Å². The second-order valence-electron chi connectivity index (χ2n) is 6.08. The first-order valence-corrected chi connectivity index (χ1v) is 8.92. The quantitative estimate of drug-likeness (QED) is 0.353. The third-order valence-corrected chi connectivity index (χ3v) is 3.72. The Bertz CT molecular complexity index is 535. The number of hydrogen-bond acceptors (Lipinski definition) is 4. The van der Waals surface area contributed by atoms with Crippen molar-refractivity contribution in [1.29, 1.82) is 0 Å². The third-order valence-electron chi connectivity index (χ3n) is 3.72. The van der Waals surface area contributed by atoms with Gasteiger partial charge in [0.2, 0.25) is 5.91 Å². The molecule has 0 fully saturated rings.